The molecule has 0 radical (unpaired) electrons. The van der Waals surface area contributed by atoms with Crippen molar-refractivity contribution >= 4 is 101 Å². The molecule has 6 nitrogen and oxygen atoms in total. The van der Waals surface area contributed by atoms with Crippen molar-refractivity contribution in [3.63, 3.8) is 0 Å². The van der Waals surface area contributed by atoms with E-state index in [4.69, 9.17) is 43.2 Å². The lowest BCUT2D eigenvalue weighted by molar-refractivity contribution is 0.426. The molecule has 0 aliphatic heterocycles. The number of fused-ring (bicyclic) bond motifs is 10. The zero-order valence-electron chi connectivity index (χ0n) is 45.0. The second kappa shape index (κ2) is 22.6. The molecule has 0 aliphatic rings. The highest BCUT2D eigenvalue weighted by Gasteiger charge is 2.17. The van der Waals surface area contributed by atoms with Crippen LogP contribution in [-0.2, 0) is 0 Å². The molecular weight excluding hydrogens is 1030 g/mol. The average molecular weight is 1090 g/mol. The van der Waals surface area contributed by atoms with Gasteiger partial charge in [0, 0.05) is 65.9 Å². The van der Waals surface area contributed by atoms with E-state index < -0.39 is 7.12 Å². The highest BCUT2D eigenvalue weighted by molar-refractivity contribution is 6.58. The van der Waals surface area contributed by atoms with Gasteiger partial charge in [-0.05, 0) is 125 Å². The molecule has 81 heavy (non-hydrogen) atoms. The lowest BCUT2D eigenvalue weighted by atomic mass is 9.79. The summed E-state index contributed by atoms with van der Waals surface area (Å²) in [5.74, 6) is 0. The van der Waals surface area contributed by atoms with Crippen molar-refractivity contribution in [3.8, 4) is 55.6 Å². The van der Waals surface area contributed by atoms with E-state index in [1.165, 1.54) is 44.5 Å². The Morgan fingerprint density at radius 2 is 0.556 bits per heavy atom. The summed E-state index contributed by atoms with van der Waals surface area (Å²) >= 11 is 12.7. The predicted octanol–water partition coefficient (Wildman–Crippen LogP) is 18.1. The first kappa shape index (κ1) is 52.6. The minimum Gasteiger partial charge on any atom is -0.423 e. The monoisotopic (exact) mass is 1090 g/mol. The fourth-order valence-corrected chi connectivity index (χ4v) is 11.6. The minimum atomic E-state index is -1.41. The molecule has 14 aromatic rings. The summed E-state index contributed by atoms with van der Waals surface area (Å²) in [5, 5.41) is 28.1. The van der Waals surface area contributed by atoms with Crippen molar-refractivity contribution in [2.24, 2.45) is 0 Å². The molecule has 4 aromatic heterocycles. The second-order valence-electron chi connectivity index (χ2n) is 20.4. The highest BCUT2D eigenvalue weighted by Crippen LogP contribution is 2.40. The molecule has 0 amide bonds. The van der Waals surface area contributed by atoms with E-state index >= 15 is 0 Å². The zero-order chi connectivity index (χ0) is 55.7. The van der Waals surface area contributed by atoms with Crippen LogP contribution in [0.4, 0.5) is 0 Å². The van der Waals surface area contributed by atoms with Gasteiger partial charge in [-0.2, -0.15) is 0 Å². The molecule has 2 N–H and O–H groups in total. The van der Waals surface area contributed by atoms with Crippen molar-refractivity contribution in [2.75, 3.05) is 0 Å². The predicted molar refractivity (Wildman–Crippen MR) is 342 cm³/mol. The van der Waals surface area contributed by atoms with Gasteiger partial charge in [-0.15, -0.1) is 0 Å². The molecule has 0 bridgehead atoms. The summed E-state index contributed by atoms with van der Waals surface area (Å²) in [6.45, 7) is 8.07. The van der Waals surface area contributed by atoms with Gasteiger partial charge in [0.25, 0.3) is 0 Å². The van der Waals surface area contributed by atoms with Crippen LogP contribution < -0.4 is 5.46 Å². The van der Waals surface area contributed by atoms with Gasteiger partial charge in [-0.1, -0.05) is 223 Å². The van der Waals surface area contributed by atoms with Crippen molar-refractivity contribution in [1.82, 2.24) is 19.9 Å². The number of aromatic nitrogens is 4. The number of hydrogen-bond acceptors (Lipinski definition) is 6. The van der Waals surface area contributed by atoms with Crippen molar-refractivity contribution in [1.29, 1.82) is 0 Å². The molecular formula is C72H53BCl2N4O2. The molecule has 0 fully saturated rings. The van der Waals surface area contributed by atoms with Gasteiger partial charge in [0.15, 0.2) is 0 Å². The molecule has 14 rings (SSSR count). The van der Waals surface area contributed by atoms with Gasteiger partial charge in [0.05, 0.1) is 32.1 Å². The summed E-state index contributed by atoms with van der Waals surface area (Å²) in [6.07, 6.45) is 0. The summed E-state index contributed by atoms with van der Waals surface area (Å²) in [6, 6.07) is 81.0. The van der Waals surface area contributed by atoms with E-state index in [2.05, 4.69) is 169 Å². The maximum Gasteiger partial charge on any atom is 0.488 e. The number of nitrogens with zero attached hydrogens (tertiary/aromatic N) is 4. The van der Waals surface area contributed by atoms with Crippen molar-refractivity contribution in [3.05, 3.63) is 269 Å². The summed E-state index contributed by atoms with van der Waals surface area (Å²) in [7, 11) is -1.41. The molecule has 0 saturated heterocycles. The summed E-state index contributed by atoms with van der Waals surface area (Å²) in [4.78, 5) is 19.5. The zero-order valence-corrected chi connectivity index (χ0v) is 46.5. The van der Waals surface area contributed by atoms with Crippen LogP contribution in [0.25, 0.3) is 121 Å². The second-order valence-corrected chi connectivity index (χ2v) is 21.2. The Bertz CT molecular complexity index is 4440. The molecule has 0 unspecified atom stereocenters. The van der Waals surface area contributed by atoms with E-state index in [1.54, 1.807) is 12.1 Å². The van der Waals surface area contributed by atoms with Crippen LogP contribution in [0.5, 0.6) is 0 Å². The maximum atomic E-state index is 9.05. The average Bonchev–Trinajstić information content (AvgIpc) is 3.69. The number of rotatable bonds is 6. The fraction of sp³-hybridized carbons (Fsp3) is 0.0556. The molecule has 0 saturated carbocycles. The van der Waals surface area contributed by atoms with Gasteiger partial charge < -0.3 is 10.0 Å². The van der Waals surface area contributed by atoms with Crippen molar-refractivity contribution in [2.45, 2.75) is 27.7 Å². The Morgan fingerprint density at radius 1 is 0.272 bits per heavy atom. The van der Waals surface area contributed by atoms with E-state index in [0.717, 1.165) is 109 Å². The first-order chi connectivity index (χ1) is 39.4. The first-order valence-electron chi connectivity index (χ1n) is 26.9. The van der Waals surface area contributed by atoms with Gasteiger partial charge >= 0.3 is 7.12 Å². The van der Waals surface area contributed by atoms with Crippen LogP contribution in [0.2, 0.25) is 10.0 Å². The van der Waals surface area contributed by atoms with Crippen molar-refractivity contribution < 1.29 is 10.0 Å². The molecule has 0 aliphatic carbocycles. The highest BCUT2D eigenvalue weighted by atomic mass is 35.5. The van der Waals surface area contributed by atoms with Gasteiger partial charge in [-0.25, -0.2) is 0 Å². The largest absolute Gasteiger partial charge is 0.488 e. The molecule has 4 heterocycles. The molecule has 10 aromatic carbocycles. The Balaban J connectivity index is 0.000000145. The number of hydrogen-bond donors (Lipinski definition) is 2. The summed E-state index contributed by atoms with van der Waals surface area (Å²) < 4.78 is 0. The standard InChI is InChI=1S/C42H30N2.C18H12Cl2N2.C12H11BO2/c1-27-23-39(33-17-9-15-31(25-33)29-11-5-3-6-12-29)37-21-20-36-35(41(37)43-27)19-22-38-40(24-28(2)44-42(36)38)34-18-10-16-32(26-34)30-13-7-4-8-14-30;1-9-7-15(19)13-5-4-12-11(17(13)21-9)3-6-14-16(20)8-10(2)22-18(12)14;14-13(15)12-8-4-7-11(9-12)10-5-2-1-3-6-10/h3-26H,1-2H3;3-8H,1-2H3;1-9,14-15H. The van der Waals surface area contributed by atoms with Gasteiger partial charge in [0.2, 0.25) is 0 Å². The van der Waals surface area contributed by atoms with Crippen LogP contribution in [0.1, 0.15) is 22.8 Å². The van der Waals surface area contributed by atoms with E-state index in [-0.39, 0.29) is 0 Å². The van der Waals surface area contributed by atoms with E-state index in [9.17, 15) is 0 Å². The van der Waals surface area contributed by atoms with Crippen LogP contribution in [0, 0.1) is 27.7 Å². The molecule has 390 valence electrons. The smallest absolute Gasteiger partial charge is 0.423 e. The number of aryl methyl sites for hydroxylation is 4. The quantitative estimate of drug-likeness (QED) is 0.127. The Labute approximate surface area is 480 Å². The topological polar surface area (TPSA) is 92.0 Å². The normalized spacial score (nSPS) is 11.2. The maximum absolute atomic E-state index is 9.05. The third-order valence-electron chi connectivity index (χ3n) is 14.8. The van der Waals surface area contributed by atoms with Crippen LogP contribution >= 0.6 is 23.2 Å². The van der Waals surface area contributed by atoms with Crippen LogP contribution in [0.15, 0.2) is 237 Å². The Morgan fingerprint density at radius 3 is 0.926 bits per heavy atom. The van der Waals surface area contributed by atoms with E-state index in [0.29, 0.717) is 5.46 Å². The lowest BCUT2D eigenvalue weighted by Crippen LogP contribution is -2.29. The third-order valence-corrected chi connectivity index (χ3v) is 15.4. The third kappa shape index (κ3) is 10.8. The van der Waals surface area contributed by atoms with E-state index in [1.807, 2.05) is 92.7 Å². The number of pyridine rings is 4. The molecule has 0 atom stereocenters. The van der Waals surface area contributed by atoms with Crippen LogP contribution in [0.3, 0.4) is 0 Å². The van der Waals surface area contributed by atoms with Crippen LogP contribution in [-0.4, -0.2) is 37.1 Å². The lowest BCUT2D eigenvalue weighted by Gasteiger charge is -2.15. The number of benzene rings is 10. The summed E-state index contributed by atoms with van der Waals surface area (Å²) in [5.41, 5.74) is 19.8. The fourth-order valence-electron chi connectivity index (χ4n) is 11.0. The Hall–Kier alpha value is -9.08. The van der Waals surface area contributed by atoms with Gasteiger partial charge in [0.1, 0.15) is 0 Å². The molecule has 0 spiro atoms. The minimum absolute atomic E-state index is 0.511. The Kier molecular flexibility index (Phi) is 14.7. The molecule has 9 heteroatoms. The van der Waals surface area contributed by atoms with Gasteiger partial charge in [-0.3, -0.25) is 19.9 Å². The first-order valence-corrected chi connectivity index (χ1v) is 27.6. The number of halogens is 2. The SMILES string of the molecule is Cc1cc(-c2cccc(-c3ccccc3)c2)c2ccc3c(ccc4c(-c5cccc(-c6ccccc6)c5)cc(C)nc43)c2n1.Cc1cc(Cl)c2ccc3c(ccc4c(Cl)cc(C)nc43)c2n1.OB(O)c1cccc(-c2ccccc2)c1.